The molecule has 0 spiro atoms. The van der Waals surface area contributed by atoms with Crippen LogP contribution in [0.2, 0.25) is 0 Å². The smallest absolute Gasteiger partial charge is 0.253 e. The summed E-state index contributed by atoms with van der Waals surface area (Å²) >= 11 is 0. The fourth-order valence-corrected chi connectivity index (χ4v) is 2.59. The molecule has 2 heterocycles. The Morgan fingerprint density at radius 2 is 2.42 bits per heavy atom. The zero-order valence-electron chi connectivity index (χ0n) is 11.9. The molecule has 0 bridgehead atoms. The summed E-state index contributed by atoms with van der Waals surface area (Å²) in [5.41, 5.74) is 0.920. The van der Waals surface area contributed by atoms with Crippen molar-refractivity contribution >= 4 is 0 Å². The lowest BCUT2D eigenvalue weighted by Gasteiger charge is -2.24. The number of pyridine rings is 1. The van der Waals surface area contributed by atoms with E-state index in [0.29, 0.717) is 12.0 Å². The lowest BCUT2D eigenvalue weighted by Crippen LogP contribution is -2.42. The van der Waals surface area contributed by atoms with E-state index >= 15 is 0 Å². The van der Waals surface area contributed by atoms with E-state index in [2.05, 4.69) is 12.2 Å². The van der Waals surface area contributed by atoms with Crippen LogP contribution in [0, 0.1) is 12.8 Å². The van der Waals surface area contributed by atoms with Crippen LogP contribution in [0.4, 0.5) is 0 Å². The lowest BCUT2D eigenvalue weighted by atomic mass is 9.98. The van der Waals surface area contributed by atoms with E-state index in [1.54, 1.807) is 0 Å². The van der Waals surface area contributed by atoms with Gasteiger partial charge in [-0.25, -0.2) is 0 Å². The van der Waals surface area contributed by atoms with Gasteiger partial charge in [-0.1, -0.05) is 13.0 Å². The molecule has 1 N–H and O–H groups in total. The molecule has 0 saturated carbocycles. The molecule has 19 heavy (non-hydrogen) atoms. The van der Waals surface area contributed by atoms with Crippen LogP contribution >= 0.6 is 0 Å². The summed E-state index contributed by atoms with van der Waals surface area (Å²) in [6.07, 6.45) is 4.07. The van der Waals surface area contributed by atoms with Crippen molar-refractivity contribution in [1.82, 2.24) is 9.88 Å². The van der Waals surface area contributed by atoms with Crippen molar-refractivity contribution in [2.24, 2.45) is 5.92 Å². The van der Waals surface area contributed by atoms with Gasteiger partial charge in [0.25, 0.3) is 5.56 Å². The third-order valence-electron chi connectivity index (χ3n) is 3.79. The Morgan fingerprint density at radius 1 is 1.58 bits per heavy atom. The van der Waals surface area contributed by atoms with Gasteiger partial charge in [-0.15, -0.1) is 0 Å². The maximum atomic E-state index is 12.1. The first-order chi connectivity index (χ1) is 9.22. The molecule has 1 aromatic rings. The molecule has 0 amide bonds. The van der Waals surface area contributed by atoms with E-state index in [4.69, 9.17) is 4.74 Å². The van der Waals surface area contributed by atoms with Crippen LogP contribution in [0.15, 0.2) is 23.1 Å². The maximum absolute atomic E-state index is 12.1. The SMILES string of the molecule is CCCNC(Cn1cccc(C)c1=O)C1CCOC1. The number of rotatable bonds is 6. The molecular weight excluding hydrogens is 240 g/mol. The molecular formula is C15H24N2O2. The molecule has 1 aliphatic rings. The van der Waals surface area contributed by atoms with Crippen molar-refractivity contribution in [3.8, 4) is 0 Å². The summed E-state index contributed by atoms with van der Waals surface area (Å²) in [6, 6.07) is 4.13. The molecule has 2 unspecified atom stereocenters. The first kappa shape index (κ1) is 14.3. The fraction of sp³-hybridized carbons (Fsp3) is 0.667. The zero-order chi connectivity index (χ0) is 13.7. The largest absolute Gasteiger partial charge is 0.381 e. The Hall–Kier alpha value is -1.13. The molecule has 2 rings (SSSR count). The third kappa shape index (κ3) is 3.67. The number of nitrogens with zero attached hydrogens (tertiary/aromatic N) is 1. The molecule has 0 aliphatic carbocycles. The van der Waals surface area contributed by atoms with Gasteiger partial charge in [-0.05, 0) is 32.4 Å². The Balaban J connectivity index is 2.10. The fourth-order valence-electron chi connectivity index (χ4n) is 2.59. The van der Waals surface area contributed by atoms with E-state index in [0.717, 1.165) is 44.7 Å². The predicted molar refractivity (Wildman–Crippen MR) is 76.4 cm³/mol. The molecule has 0 aromatic carbocycles. The number of nitrogens with one attached hydrogen (secondary N) is 1. The summed E-state index contributed by atoms with van der Waals surface area (Å²) in [4.78, 5) is 12.1. The highest BCUT2D eigenvalue weighted by molar-refractivity contribution is 5.07. The molecule has 1 saturated heterocycles. The number of hydrogen-bond acceptors (Lipinski definition) is 3. The number of aryl methyl sites for hydroxylation is 1. The van der Waals surface area contributed by atoms with Crippen LogP contribution < -0.4 is 10.9 Å². The first-order valence-electron chi connectivity index (χ1n) is 7.19. The lowest BCUT2D eigenvalue weighted by molar-refractivity contribution is 0.173. The second-order valence-electron chi connectivity index (χ2n) is 5.33. The van der Waals surface area contributed by atoms with Gasteiger partial charge < -0.3 is 14.6 Å². The molecule has 2 atom stereocenters. The Kier molecular flexibility index (Phi) is 5.16. The van der Waals surface area contributed by atoms with E-state index in [1.807, 2.05) is 29.8 Å². The number of ether oxygens (including phenoxy) is 1. The minimum Gasteiger partial charge on any atom is -0.381 e. The highest BCUT2D eigenvalue weighted by Crippen LogP contribution is 2.18. The second kappa shape index (κ2) is 6.87. The van der Waals surface area contributed by atoms with Crippen LogP contribution in [-0.4, -0.2) is 30.4 Å². The molecule has 0 radical (unpaired) electrons. The van der Waals surface area contributed by atoms with Gasteiger partial charge in [-0.2, -0.15) is 0 Å². The van der Waals surface area contributed by atoms with Crippen molar-refractivity contribution in [2.75, 3.05) is 19.8 Å². The summed E-state index contributed by atoms with van der Waals surface area (Å²) in [5.74, 6) is 0.513. The number of aromatic nitrogens is 1. The van der Waals surface area contributed by atoms with Gasteiger partial charge in [0.05, 0.1) is 6.61 Å². The quantitative estimate of drug-likeness (QED) is 0.848. The normalized spacial score (nSPS) is 20.6. The minimum atomic E-state index is 0.115. The summed E-state index contributed by atoms with van der Waals surface area (Å²) in [7, 11) is 0. The Labute approximate surface area is 114 Å². The van der Waals surface area contributed by atoms with Gasteiger partial charge in [0.2, 0.25) is 0 Å². The van der Waals surface area contributed by atoms with Crippen molar-refractivity contribution in [2.45, 2.75) is 39.3 Å². The summed E-state index contributed by atoms with van der Waals surface area (Å²) in [6.45, 7) is 7.40. The van der Waals surface area contributed by atoms with Crippen LogP contribution in [-0.2, 0) is 11.3 Å². The maximum Gasteiger partial charge on any atom is 0.253 e. The van der Waals surface area contributed by atoms with Crippen LogP contribution in [0.25, 0.3) is 0 Å². The van der Waals surface area contributed by atoms with E-state index in [1.165, 1.54) is 0 Å². The van der Waals surface area contributed by atoms with E-state index in [-0.39, 0.29) is 5.56 Å². The summed E-state index contributed by atoms with van der Waals surface area (Å²) in [5, 5.41) is 3.57. The Bertz CT molecular complexity index is 450. The van der Waals surface area contributed by atoms with Crippen molar-refractivity contribution < 1.29 is 4.74 Å². The van der Waals surface area contributed by atoms with Crippen molar-refractivity contribution in [3.05, 3.63) is 34.2 Å². The third-order valence-corrected chi connectivity index (χ3v) is 3.79. The topological polar surface area (TPSA) is 43.3 Å². The van der Waals surface area contributed by atoms with Gasteiger partial charge in [0, 0.05) is 36.9 Å². The van der Waals surface area contributed by atoms with E-state index in [9.17, 15) is 4.79 Å². The molecule has 4 heteroatoms. The second-order valence-corrected chi connectivity index (χ2v) is 5.33. The average Bonchev–Trinajstić information content (AvgIpc) is 2.93. The number of hydrogen-bond donors (Lipinski definition) is 1. The molecule has 4 nitrogen and oxygen atoms in total. The predicted octanol–water partition coefficient (Wildman–Crippen LogP) is 1.56. The van der Waals surface area contributed by atoms with Gasteiger partial charge in [0.15, 0.2) is 0 Å². The minimum absolute atomic E-state index is 0.115. The highest BCUT2D eigenvalue weighted by atomic mass is 16.5. The van der Waals surface area contributed by atoms with Crippen molar-refractivity contribution in [1.29, 1.82) is 0 Å². The van der Waals surface area contributed by atoms with Crippen molar-refractivity contribution in [3.63, 3.8) is 0 Å². The van der Waals surface area contributed by atoms with E-state index < -0.39 is 0 Å². The molecule has 1 fully saturated rings. The standard InChI is InChI=1S/C15H24N2O2/c1-3-7-16-14(13-6-9-19-11-13)10-17-8-4-5-12(2)15(17)18/h4-5,8,13-14,16H,3,6-7,9-11H2,1-2H3. The molecule has 1 aliphatic heterocycles. The first-order valence-corrected chi connectivity index (χ1v) is 7.19. The van der Waals surface area contributed by atoms with Crippen LogP contribution in [0.1, 0.15) is 25.3 Å². The summed E-state index contributed by atoms with van der Waals surface area (Å²) < 4.78 is 7.30. The monoisotopic (exact) mass is 264 g/mol. The Morgan fingerprint density at radius 3 is 3.11 bits per heavy atom. The molecule has 1 aromatic heterocycles. The zero-order valence-corrected chi connectivity index (χ0v) is 11.9. The van der Waals surface area contributed by atoms with Gasteiger partial charge in [0.1, 0.15) is 0 Å². The average molecular weight is 264 g/mol. The van der Waals surface area contributed by atoms with Gasteiger partial charge in [-0.3, -0.25) is 4.79 Å². The highest BCUT2D eigenvalue weighted by Gasteiger charge is 2.25. The molecule has 106 valence electrons. The van der Waals surface area contributed by atoms with Crippen LogP contribution in [0.5, 0.6) is 0 Å². The van der Waals surface area contributed by atoms with Crippen LogP contribution in [0.3, 0.4) is 0 Å². The van der Waals surface area contributed by atoms with Gasteiger partial charge >= 0.3 is 0 Å².